The summed E-state index contributed by atoms with van der Waals surface area (Å²) in [6.07, 6.45) is 10.4. The Labute approximate surface area is 84.4 Å². The molecule has 0 saturated heterocycles. The van der Waals surface area contributed by atoms with E-state index in [1.165, 1.54) is 0 Å². The fraction of sp³-hybridized carbons (Fsp3) is 0.333. The molecule has 0 bridgehead atoms. The number of aromatic nitrogens is 2. The molecule has 0 N–H and O–H groups in total. The Morgan fingerprint density at radius 1 is 1.14 bits per heavy atom. The van der Waals surface area contributed by atoms with Gasteiger partial charge >= 0.3 is 0 Å². The second-order valence-corrected chi connectivity index (χ2v) is 4.25. The van der Waals surface area contributed by atoms with Gasteiger partial charge in [0.2, 0.25) is 0 Å². The van der Waals surface area contributed by atoms with Gasteiger partial charge in [0.15, 0.2) is 0 Å². The first kappa shape index (κ1) is 9.13. The molecule has 0 amide bonds. The third kappa shape index (κ3) is 1.74. The summed E-state index contributed by atoms with van der Waals surface area (Å²) in [5, 5.41) is 0. The Morgan fingerprint density at radius 2 is 1.86 bits per heavy atom. The summed E-state index contributed by atoms with van der Waals surface area (Å²) >= 11 is 0. The molecule has 0 unspecified atom stereocenters. The zero-order chi connectivity index (χ0) is 10.2. The lowest BCUT2D eigenvalue weighted by Gasteiger charge is -2.11. The molecule has 1 aromatic heterocycles. The molecule has 0 fully saturated rings. The first-order valence-corrected chi connectivity index (χ1v) is 4.79. The number of aryl methyl sites for hydroxylation is 1. The monoisotopic (exact) mass is 186 g/mol. The Balaban J connectivity index is 2.54. The average Bonchev–Trinajstić information content (AvgIpc) is 2.26. The molecule has 2 heteroatoms. The van der Waals surface area contributed by atoms with E-state index in [0.717, 1.165) is 17.1 Å². The van der Waals surface area contributed by atoms with Crippen molar-refractivity contribution < 1.29 is 0 Å². The molecule has 1 heterocycles. The summed E-state index contributed by atoms with van der Waals surface area (Å²) in [5.74, 6) is 0.821. The Morgan fingerprint density at radius 3 is 2.64 bits per heavy atom. The van der Waals surface area contributed by atoms with Gasteiger partial charge in [0, 0.05) is 17.2 Å². The van der Waals surface area contributed by atoms with Crippen LogP contribution in [0.25, 0.3) is 12.2 Å². The van der Waals surface area contributed by atoms with Gasteiger partial charge in [0.25, 0.3) is 0 Å². The van der Waals surface area contributed by atoms with Crippen molar-refractivity contribution in [2.45, 2.75) is 20.8 Å². The molecule has 0 saturated carbocycles. The minimum absolute atomic E-state index is 0.106. The maximum atomic E-state index is 4.39. The van der Waals surface area contributed by atoms with E-state index < -0.39 is 0 Å². The summed E-state index contributed by atoms with van der Waals surface area (Å²) in [6.45, 7) is 6.26. The topological polar surface area (TPSA) is 25.8 Å². The number of fused-ring (bicyclic) bond motifs is 1. The lowest BCUT2D eigenvalue weighted by Crippen LogP contribution is -2.00. The highest BCUT2D eigenvalue weighted by Crippen LogP contribution is 2.26. The van der Waals surface area contributed by atoms with Crippen LogP contribution in [0.3, 0.4) is 0 Å². The van der Waals surface area contributed by atoms with Crippen molar-refractivity contribution in [3.63, 3.8) is 0 Å². The zero-order valence-corrected chi connectivity index (χ0v) is 8.78. The van der Waals surface area contributed by atoms with E-state index in [9.17, 15) is 0 Å². The summed E-state index contributed by atoms with van der Waals surface area (Å²) in [4.78, 5) is 8.58. The number of hydrogen-bond acceptors (Lipinski definition) is 2. The molecular weight excluding hydrogens is 172 g/mol. The van der Waals surface area contributed by atoms with E-state index in [4.69, 9.17) is 0 Å². The van der Waals surface area contributed by atoms with Gasteiger partial charge in [0.1, 0.15) is 5.82 Å². The van der Waals surface area contributed by atoms with Gasteiger partial charge < -0.3 is 0 Å². The Kier molecular flexibility index (Phi) is 1.99. The third-order valence-electron chi connectivity index (χ3n) is 2.33. The second kappa shape index (κ2) is 3.05. The summed E-state index contributed by atoms with van der Waals surface area (Å²) in [7, 11) is 0. The highest BCUT2D eigenvalue weighted by atomic mass is 14.9. The molecule has 1 aliphatic rings. The van der Waals surface area contributed by atoms with Crippen LogP contribution in [-0.4, -0.2) is 9.97 Å². The highest BCUT2D eigenvalue weighted by Gasteiger charge is 2.13. The van der Waals surface area contributed by atoms with Crippen molar-refractivity contribution in [2.24, 2.45) is 5.41 Å². The molecule has 72 valence electrons. The number of hydrogen-bond donors (Lipinski definition) is 0. The summed E-state index contributed by atoms with van der Waals surface area (Å²) in [5.41, 5.74) is 2.21. The van der Waals surface area contributed by atoms with Crippen molar-refractivity contribution in [1.82, 2.24) is 9.97 Å². The third-order valence-corrected chi connectivity index (χ3v) is 2.33. The fourth-order valence-electron chi connectivity index (χ4n) is 1.41. The van der Waals surface area contributed by atoms with E-state index in [0.29, 0.717) is 0 Å². The smallest absolute Gasteiger partial charge is 0.125 e. The van der Waals surface area contributed by atoms with Crippen molar-refractivity contribution in [1.29, 1.82) is 0 Å². The molecule has 0 radical (unpaired) electrons. The van der Waals surface area contributed by atoms with E-state index in [1.54, 1.807) is 0 Å². The van der Waals surface area contributed by atoms with Crippen molar-refractivity contribution in [2.75, 3.05) is 0 Å². The van der Waals surface area contributed by atoms with Crippen LogP contribution < -0.4 is 0 Å². The van der Waals surface area contributed by atoms with Gasteiger partial charge in [-0.15, -0.1) is 0 Å². The van der Waals surface area contributed by atoms with Crippen LogP contribution in [0.15, 0.2) is 18.3 Å². The summed E-state index contributed by atoms with van der Waals surface area (Å²) in [6, 6.07) is 0. The fourth-order valence-corrected chi connectivity index (χ4v) is 1.41. The molecule has 0 atom stereocenters. The normalized spacial score (nSPS) is 17.6. The maximum absolute atomic E-state index is 4.39. The zero-order valence-electron chi connectivity index (χ0n) is 8.78. The van der Waals surface area contributed by atoms with Crippen molar-refractivity contribution in [3.05, 3.63) is 35.4 Å². The lowest BCUT2D eigenvalue weighted by molar-refractivity contribution is 0.633. The lowest BCUT2D eigenvalue weighted by atomic mass is 9.93. The van der Waals surface area contributed by atoms with Gasteiger partial charge in [-0.25, -0.2) is 9.97 Å². The second-order valence-electron chi connectivity index (χ2n) is 4.25. The first-order valence-electron chi connectivity index (χ1n) is 4.79. The van der Waals surface area contributed by atoms with Crippen LogP contribution >= 0.6 is 0 Å². The predicted molar refractivity (Wildman–Crippen MR) is 58.6 cm³/mol. The molecule has 1 aliphatic carbocycles. The average molecular weight is 186 g/mol. The predicted octanol–water partition coefficient (Wildman–Crippen LogP) is 2.85. The number of allylic oxidation sites excluding steroid dienone is 2. The first-order chi connectivity index (χ1) is 6.57. The van der Waals surface area contributed by atoms with Gasteiger partial charge in [-0.05, 0) is 13.0 Å². The number of rotatable bonds is 0. The van der Waals surface area contributed by atoms with Crippen LogP contribution in [0.1, 0.15) is 30.9 Å². The van der Waals surface area contributed by atoms with Crippen LogP contribution in [0.4, 0.5) is 0 Å². The van der Waals surface area contributed by atoms with Crippen molar-refractivity contribution >= 4 is 12.2 Å². The molecule has 2 nitrogen and oxygen atoms in total. The van der Waals surface area contributed by atoms with E-state index >= 15 is 0 Å². The quantitative estimate of drug-likeness (QED) is 0.622. The van der Waals surface area contributed by atoms with E-state index in [1.807, 2.05) is 13.1 Å². The number of nitrogens with zero attached hydrogens (tertiary/aromatic N) is 2. The largest absolute Gasteiger partial charge is 0.241 e. The standard InChI is InChI=1S/C12H14N2/c1-9-13-8-10-4-6-12(2,3)7-5-11(10)14-9/h4-8H,1-3H3. The SMILES string of the molecule is Cc1ncc2c(n1)C=CC(C)(C)C=C2. The van der Waals surface area contributed by atoms with Crippen LogP contribution in [0.2, 0.25) is 0 Å². The molecular formula is C12H14N2. The molecule has 2 rings (SSSR count). The van der Waals surface area contributed by atoms with Gasteiger partial charge in [0.05, 0.1) is 5.69 Å². The minimum atomic E-state index is 0.106. The van der Waals surface area contributed by atoms with Gasteiger partial charge in [-0.2, -0.15) is 0 Å². The minimum Gasteiger partial charge on any atom is -0.241 e. The van der Waals surface area contributed by atoms with Crippen LogP contribution in [0.5, 0.6) is 0 Å². The van der Waals surface area contributed by atoms with Gasteiger partial charge in [-0.1, -0.05) is 32.1 Å². The van der Waals surface area contributed by atoms with Gasteiger partial charge in [-0.3, -0.25) is 0 Å². The van der Waals surface area contributed by atoms with Crippen LogP contribution in [-0.2, 0) is 0 Å². The summed E-state index contributed by atoms with van der Waals surface area (Å²) < 4.78 is 0. The van der Waals surface area contributed by atoms with Crippen LogP contribution in [0, 0.1) is 12.3 Å². The van der Waals surface area contributed by atoms with E-state index in [2.05, 4.69) is 48.1 Å². The molecule has 14 heavy (non-hydrogen) atoms. The Bertz CT molecular complexity index is 414. The Hall–Kier alpha value is -1.44. The highest BCUT2D eigenvalue weighted by molar-refractivity contribution is 5.65. The molecule has 0 aliphatic heterocycles. The van der Waals surface area contributed by atoms with E-state index in [-0.39, 0.29) is 5.41 Å². The molecule has 1 aromatic rings. The molecule has 0 aromatic carbocycles. The van der Waals surface area contributed by atoms with Crippen molar-refractivity contribution in [3.8, 4) is 0 Å². The maximum Gasteiger partial charge on any atom is 0.125 e. The molecule has 0 spiro atoms.